The lowest BCUT2D eigenvalue weighted by atomic mass is 10.2. The molecule has 6 nitrogen and oxygen atoms in total. The van der Waals surface area contributed by atoms with Crippen LogP contribution in [-0.2, 0) is 19.9 Å². The fraction of sp³-hybridized carbons (Fsp3) is 0.500. The van der Waals surface area contributed by atoms with Crippen molar-refractivity contribution in [3.63, 3.8) is 0 Å². The lowest BCUT2D eigenvalue weighted by molar-refractivity contribution is 0.505. The zero-order chi connectivity index (χ0) is 14.8. The molecule has 0 bridgehead atoms. The average Bonchev–Trinajstić information content (AvgIpc) is 2.41. The highest BCUT2D eigenvalue weighted by Gasteiger charge is 2.27. The number of hydrogen-bond donors (Lipinski definition) is 2. The van der Waals surface area contributed by atoms with Gasteiger partial charge in [-0.1, -0.05) is 0 Å². The number of rotatable bonds is 4. The minimum absolute atomic E-state index is 0.0406. The van der Waals surface area contributed by atoms with E-state index in [1.807, 2.05) is 0 Å². The van der Waals surface area contributed by atoms with Crippen molar-refractivity contribution in [3.8, 4) is 0 Å². The van der Waals surface area contributed by atoms with Gasteiger partial charge in [-0.25, -0.2) is 21.6 Å². The summed E-state index contributed by atoms with van der Waals surface area (Å²) in [6.45, 7) is 0. The van der Waals surface area contributed by atoms with Gasteiger partial charge in [-0.15, -0.1) is 0 Å². The third kappa shape index (κ3) is 3.71. The monoisotopic (exact) mass is 318 g/mol. The first-order chi connectivity index (χ1) is 9.32. The number of sulfone groups is 1. The Labute approximate surface area is 119 Å². The highest BCUT2D eigenvalue weighted by Crippen LogP contribution is 2.17. The lowest BCUT2D eigenvalue weighted by Gasteiger charge is -2.22. The van der Waals surface area contributed by atoms with Gasteiger partial charge in [0.25, 0.3) is 0 Å². The minimum Gasteiger partial charge on any atom is -0.388 e. The smallest absolute Gasteiger partial charge is 0.240 e. The van der Waals surface area contributed by atoms with E-state index >= 15 is 0 Å². The molecule has 20 heavy (non-hydrogen) atoms. The van der Waals surface area contributed by atoms with E-state index in [1.54, 1.807) is 19.2 Å². The number of hydrogen-bond acceptors (Lipinski definition) is 5. The first-order valence-electron chi connectivity index (χ1n) is 6.33. The fourth-order valence-electron chi connectivity index (χ4n) is 2.10. The molecule has 0 amide bonds. The van der Waals surface area contributed by atoms with Gasteiger partial charge in [0.1, 0.15) is 9.84 Å². The first-order valence-corrected chi connectivity index (χ1v) is 9.63. The second kappa shape index (κ2) is 5.71. The molecule has 0 spiro atoms. The summed E-state index contributed by atoms with van der Waals surface area (Å²) in [7, 11) is -4.83. The van der Waals surface area contributed by atoms with Crippen LogP contribution in [0.15, 0.2) is 29.2 Å². The van der Waals surface area contributed by atoms with E-state index in [0.29, 0.717) is 12.8 Å². The summed E-state index contributed by atoms with van der Waals surface area (Å²) in [4.78, 5) is 0.185. The number of nitrogens with one attached hydrogen (secondary N) is 2. The molecule has 1 fully saturated rings. The Kier molecular flexibility index (Phi) is 4.36. The average molecular weight is 318 g/mol. The first kappa shape index (κ1) is 15.3. The normalized spacial score (nSPS) is 19.6. The summed E-state index contributed by atoms with van der Waals surface area (Å²) in [5, 5.41) is 2.91. The molecule has 1 saturated heterocycles. The zero-order valence-corrected chi connectivity index (χ0v) is 12.8. The standard InChI is InChI=1S/C12H18N2O4S2/c1-13-10-2-4-12(5-3-10)20(17,18)14-11-6-8-19(15,16)9-7-11/h2-5,11,13-14H,6-9H2,1H3. The molecule has 0 radical (unpaired) electrons. The Bertz CT molecular complexity index is 652. The van der Waals surface area contributed by atoms with E-state index in [4.69, 9.17) is 0 Å². The van der Waals surface area contributed by atoms with Crippen molar-refractivity contribution in [2.45, 2.75) is 23.8 Å². The molecule has 0 unspecified atom stereocenters. The molecule has 0 aliphatic carbocycles. The molecular formula is C12H18N2O4S2. The number of sulfonamides is 1. The van der Waals surface area contributed by atoms with Crippen molar-refractivity contribution in [1.29, 1.82) is 0 Å². The largest absolute Gasteiger partial charge is 0.388 e. The maximum atomic E-state index is 12.2. The molecular weight excluding hydrogens is 300 g/mol. The summed E-state index contributed by atoms with van der Waals surface area (Å²) in [6, 6.07) is 6.09. The van der Waals surface area contributed by atoms with Crippen LogP contribution in [0.25, 0.3) is 0 Å². The van der Waals surface area contributed by atoms with E-state index < -0.39 is 19.9 Å². The topological polar surface area (TPSA) is 92.3 Å². The molecule has 0 saturated carbocycles. The summed E-state index contributed by atoms with van der Waals surface area (Å²) in [5.41, 5.74) is 0.827. The van der Waals surface area contributed by atoms with E-state index in [9.17, 15) is 16.8 Å². The Morgan fingerprint density at radius 2 is 1.65 bits per heavy atom. The van der Waals surface area contributed by atoms with Crippen LogP contribution in [0.3, 0.4) is 0 Å². The predicted octanol–water partition coefficient (Wildman–Crippen LogP) is 0.584. The van der Waals surface area contributed by atoms with Gasteiger partial charge >= 0.3 is 0 Å². The summed E-state index contributed by atoms with van der Waals surface area (Å²) < 4.78 is 49.6. The van der Waals surface area contributed by atoms with E-state index in [0.717, 1.165) is 5.69 Å². The van der Waals surface area contributed by atoms with Gasteiger partial charge in [0.15, 0.2) is 0 Å². The van der Waals surface area contributed by atoms with Gasteiger partial charge in [0.2, 0.25) is 10.0 Å². The summed E-state index contributed by atoms with van der Waals surface area (Å²) >= 11 is 0. The lowest BCUT2D eigenvalue weighted by Crippen LogP contribution is -2.40. The van der Waals surface area contributed by atoms with Crippen molar-refractivity contribution >= 4 is 25.5 Å². The van der Waals surface area contributed by atoms with Crippen molar-refractivity contribution in [2.24, 2.45) is 0 Å². The maximum absolute atomic E-state index is 12.2. The van der Waals surface area contributed by atoms with E-state index in [-0.39, 0.29) is 22.4 Å². The number of anilines is 1. The maximum Gasteiger partial charge on any atom is 0.240 e. The summed E-state index contributed by atoms with van der Waals surface area (Å²) in [5.74, 6) is 0.0811. The van der Waals surface area contributed by atoms with Crippen molar-refractivity contribution < 1.29 is 16.8 Å². The third-order valence-electron chi connectivity index (χ3n) is 3.33. The minimum atomic E-state index is -3.59. The van der Waals surface area contributed by atoms with Gasteiger partial charge in [0, 0.05) is 18.8 Å². The van der Waals surface area contributed by atoms with Gasteiger partial charge in [-0.3, -0.25) is 0 Å². The molecule has 1 aliphatic heterocycles. The van der Waals surface area contributed by atoms with Crippen LogP contribution in [0.4, 0.5) is 5.69 Å². The SMILES string of the molecule is CNc1ccc(S(=O)(=O)NC2CCS(=O)(=O)CC2)cc1. The van der Waals surface area contributed by atoms with E-state index in [2.05, 4.69) is 10.0 Å². The third-order valence-corrected chi connectivity index (χ3v) is 6.58. The molecule has 112 valence electrons. The Balaban J connectivity index is 2.07. The molecule has 0 atom stereocenters. The molecule has 1 aromatic carbocycles. The van der Waals surface area contributed by atoms with Crippen LogP contribution in [0.5, 0.6) is 0 Å². The van der Waals surface area contributed by atoms with Crippen molar-refractivity contribution in [1.82, 2.24) is 4.72 Å². The van der Waals surface area contributed by atoms with Crippen LogP contribution < -0.4 is 10.0 Å². The Morgan fingerprint density at radius 1 is 1.10 bits per heavy atom. The molecule has 0 aromatic heterocycles. The molecule has 1 heterocycles. The van der Waals surface area contributed by atoms with Crippen molar-refractivity contribution in [3.05, 3.63) is 24.3 Å². The van der Waals surface area contributed by atoms with Crippen LogP contribution in [0.2, 0.25) is 0 Å². The summed E-state index contributed by atoms with van der Waals surface area (Å²) in [6.07, 6.45) is 0.659. The Morgan fingerprint density at radius 3 is 2.15 bits per heavy atom. The predicted molar refractivity (Wildman–Crippen MR) is 78.0 cm³/mol. The van der Waals surface area contributed by atoms with Crippen molar-refractivity contribution in [2.75, 3.05) is 23.9 Å². The molecule has 8 heteroatoms. The molecule has 2 N–H and O–H groups in total. The van der Waals surface area contributed by atoms with Gasteiger partial charge in [-0.2, -0.15) is 0 Å². The van der Waals surface area contributed by atoms with Crippen LogP contribution in [0.1, 0.15) is 12.8 Å². The van der Waals surface area contributed by atoms with Crippen LogP contribution in [-0.4, -0.2) is 41.4 Å². The van der Waals surface area contributed by atoms with Crippen LogP contribution >= 0.6 is 0 Å². The van der Waals surface area contributed by atoms with Crippen LogP contribution in [0, 0.1) is 0 Å². The number of benzene rings is 1. The molecule has 2 rings (SSSR count). The highest BCUT2D eigenvalue weighted by atomic mass is 32.2. The molecule has 1 aromatic rings. The van der Waals surface area contributed by atoms with Gasteiger partial charge in [0.05, 0.1) is 16.4 Å². The second-order valence-corrected chi connectivity index (χ2v) is 8.84. The quantitative estimate of drug-likeness (QED) is 0.847. The van der Waals surface area contributed by atoms with Gasteiger partial charge in [-0.05, 0) is 37.1 Å². The highest BCUT2D eigenvalue weighted by molar-refractivity contribution is 7.91. The van der Waals surface area contributed by atoms with E-state index in [1.165, 1.54) is 12.1 Å². The fourth-order valence-corrected chi connectivity index (χ4v) is 4.89. The molecule has 1 aliphatic rings. The van der Waals surface area contributed by atoms with Gasteiger partial charge < -0.3 is 5.32 Å². The Hall–Kier alpha value is -1.12. The zero-order valence-electron chi connectivity index (χ0n) is 11.2. The second-order valence-electron chi connectivity index (χ2n) is 4.82.